The number of carbonyl (C=O) groups is 1. The maximum absolute atomic E-state index is 12.1. The zero-order chi connectivity index (χ0) is 17.4. The molecule has 3 nitrogen and oxygen atoms in total. The van der Waals surface area contributed by atoms with Gasteiger partial charge in [-0.3, -0.25) is 9.79 Å². The Hall–Kier alpha value is -2.16. The van der Waals surface area contributed by atoms with Crippen molar-refractivity contribution in [1.82, 2.24) is 0 Å². The zero-order valence-electron chi connectivity index (χ0n) is 15.0. The molecule has 0 radical (unpaired) electrons. The molecule has 1 heterocycles. The van der Waals surface area contributed by atoms with Crippen LogP contribution in [0.1, 0.15) is 63.0 Å². The maximum Gasteiger partial charge on any atom is 0.311 e. The quantitative estimate of drug-likeness (QED) is 0.739. The maximum atomic E-state index is 12.1. The van der Waals surface area contributed by atoms with E-state index in [0.29, 0.717) is 12.5 Å². The van der Waals surface area contributed by atoms with Gasteiger partial charge in [-0.15, -0.1) is 0 Å². The highest BCUT2D eigenvalue weighted by Crippen LogP contribution is 2.49. The fourth-order valence-electron chi connectivity index (χ4n) is 4.68. The average molecular weight is 335 g/mol. The normalized spacial score (nSPS) is 25.0. The molecule has 2 aromatic carbocycles. The van der Waals surface area contributed by atoms with Crippen molar-refractivity contribution in [2.45, 2.75) is 57.4 Å². The Kier molecular flexibility index (Phi) is 4.10. The van der Waals surface area contributed by atoms with Crippen molar-refractivity contribution >= 4 is 22.5 Å². The lowest BCUT2D eigenvalue weighted by Gasteiger charge is -2.44. The molecular formula is C22H25NO2. The second kappa shape index (κ2) is 6.29. The van der Waals surface area contributed by atoms with Crippen LogP contribution in [0.5, 0.6) is 0 Å². The number of esters is 1. The van der Waals surface area contributed by atoms with Crippen LogP contribution in [0.3, 0.4) is 0 Å². The van der Waals surface area contributed by atoms with E-state index in [1.165, 1.54) is 35.6 Å². The molecule has 130 valence electrons. The molecule has 0 spiro atoms. The van der Waals surface area contributed by atoms with E-state index in [1.807, 2.05) is 6.92 Å². The van der Waals surface area contributed by atoms with Gasteiger partial charge in [-0.05, 0) is 43.0 Å². The van der Waals surface area contributed by atoms with Crippen LogP contribution in [0.15, 0.2) is 41.4 Å². The largest absolute Gasteiger partial charge is 0.466 e. The lowest BCUT2D eigenvalue weighted by Crippen LogP contribution is -2.40. The summed E-state index contributed by atoms with van der Waals surface area (Å²) in [5.74, 6) is 0.256. The number of hydrogen-bond acceptors (Lipinski definition) is 3. The highest BCUT2D eigenvalue weighted by Gasteiger charge is 2.43. The van der Waals surface area contributed by atoms with Crippen molar-refractivity contribution in [1.29, 1.82) is 0 Å². The minimum absolute atomic E-state index is 0.1000. The molecule has 1 fully saturated rings. The van der Waals surface area contributed by atoms with Crippen LogP contribution in [0.25, 0.3) is 10.8 Å². The fourth-order valence-corrected chi connectivity index (χ4v) is 4.68. The summed E-state index contributed by atoms with van der Waals surface area (Å²) in [5, 5.41) is 2.58. The van der Waals surface area contributed by atoms with Crippen molar-refractivity contribution in [3.8, 4) is 0 Å². The molecule has 0 bridgehead atoms. The zero-order valence-corrected chi connectivity index (χ0v) is 15.0. The summed E-state index contributed by atoms with van der Waals surface area (Å²) in [6.45, 7) is 4.53. The number of fused-ring (bicyclic) bond motifs is 5. The Bertz CT molecular complexity index is 854. The fraction of sp³-hybridized carbons (Fsp3) is 0.455. The van der Waals surface area contributed by atoms with Crippen LogP contribution in [-0.4, -0.2) is 23.8 Å². The molecule has 4 rings (SSSR count). The van der Waals surface area contributed by atoms with Gasteiger partial charge in [0.25, 0.3) is 0 Å². The number of rotatable bonds is 3. The summed E-state index contributed by atoms with van der Waals surface area (Å²) in [5.41, 5.74) is 3.35. The van der Waals surface area contributed by atoms with E-state index >= 15 is 0 Å². The minimum Gasteiger partial charge on any atom is -0.466 e. The number of nitrogens with zero attached hydrogens (tertiary/aromatic N) is 1. The minimum atomic E-state index is -0.182. The Morgan fingerprint density at radius 2 is 2.08 bits per heavy atom. The van der Waals surface area contributed by atoms with Crippen LogP contribution < -0.4 is 0 Å². The smallest absolute Gasteiger partial charge is 0.311 e. The molecule has 0 N–H and O–H groups in total. The van der Waals surface area contributed by atoms with Crippen molar-refractivity contribution in [3.05, 3.63) is 47.5 Å². The average Bonchev–Trinajstić information content (AvgIpc) is 2.61. The summed E-state index contributed by atoms with van der Waals surface area (Å²) in [7, 11) is 0. The van der Waals surface area contributed by atoms with Gasteiger partial charge < -0.3 is 4.74 Å². The van der Waals surface area contributed by atoms with Crippen molar-refractivity contribution in [2.75, 3.05) is 6.61 Å². The topological polar surface area (TPSA) is 38.7 Å². The Morgan fingerprint density at radius 3 is 2.92 bits per heavy atom. The molecular weight excluding hydrogens is 310 g/mol. The van der Waals surface area contributed by atoms with Gasteiger partial charge in [0.05, 0.1) is 24.3 Å². The molecule has 2 atom stereocenters. The van der Waals surface area contributed by atoms with Gasteiger partial charge in [-0.2, -0.15) is 0 Å². The summed E-state index contributed by atoms with van der Waals surface area (Å²) in [6.07, 6.45) is 5.00. The van der Waals surface area contributed by atoms with Gasteiger partial charge in [0.1, 0.15) is 0 Å². The molecule has 2 aliphatic rings. The van der Waals surface area contributed by atoms with E-state index in [-0.39, 0.29) is 17.9 Å². The predicted octanol–water partition coefficient (Wildman–Crippen LogP) is 5.01. The van der Waals surface area contributed by atoms with Gasteiger partial charge in [0.2, 0.25) is 0 Å². The summed E-state index contributed by atoms with van der Waals surface area (Å²) in [6, 6.07) is 12.9. The van der Waals surface area contributed by atoms with E-state index in [4.69, 9.17) is 9.73 Å². The van der Waals surface area contributed by atoms with E-state index in [1.54, 1.807) is 0 Å². The molecule has 2 aromatic rings. The first-order valence-corrected chi connectivity index (χ1v) is 9.39. The first-order chi connectivity index (χ1) is 12.1. The van der Waals surface area contributed by atoms with Gasteiger partial charge in [-0.1, -0.05) is 49.2 Å². The predicted molar refractivity (Wildman–Crippen MR) is 101 cm³/mol. The van der Waals surface area contributed by atoms with Crippen LogP contribution in [-0.2, 0) is 9.53 Å². The summed E-state index contributed by atoms with van der Waals surface area (Å²) >= 11 is 0. The lowest BCUT2D eigenvalue weighted by molar-refractivity contribution is -0.141. The number of carbonyl (C=O) groups excluding carboxylic acids is 1. The Balaban J connectivity index is 1.89. The molecule has 0 saturated heterocycles. The molecule has 25 heavy (non-hydrogen) atoms. The Morgan fingerprint density at radius 1 is 1.24 bits per heavy atom. The molecule has 3 heteroatoms. The third-order valence-electron chi connectivity index (χ3n) is 5.81. The number of aliphatic imine (C=N–C) groups is 1. The van der Waals surface area contributed by atoms with Crippen molar-refractivity contribution < 1.29 is 9.53 Å². The highest BCUT2D eigenvalue weighted by atomic mass is 16.5. The second-order valence-corrected chi connectivity index (χ2v) is 7.44. The first-order valence-electron chi connectivity index (χ1n) is 9.39. The number of benzene rings is 2. The van der Waals surface area contributed by atoms with Crippen LogP contribution in [0, 0.1) is 0 Å². The third-order valence-corrected chi connectivity index (χ3v) is 5.81. The molecule has 1 aliphatic heterocycles. The number of ether oxygens (including phenoxy) is 1. The highest BCUT2D eigenvalue weighted by molar-refractivity contribution is 6.13. The van der Waals surface area contributed by atoms with Crippen LogP contribution >= 0.6 is 0 Å². The molecule has 1 aliphatic carbocycles. The van der Waals surface area contributed by atoms with Crippen LogP contribution in [0.2, 0.25) is 0 Å². The standard InChI is InChI=1S/C22H25NO2/c1-3-25-20(24)14-19-17-12-11-15-8-4-5-9-16(15)21(17)18-10-6-7-13-22(18,2)23-19/h4-5,8-9,11-12,18H,3,6-7,10,13-14H2,1-2H3/t18-,22+/m0/s1. The van der Waals surface area contributed by atoms with E-state index in [2.05, 4.69) is 43.3 Å². The molecule has 0 aromatic heterocycles. The van der Waals surface area contributed by atoms with Gasteiger partial charge in [0.15, 0.2) is 0 Å². The lowest BCUT2D eigenvalue weighted by atomic mass is 9.66. The Labute approximate surface area is 149 Å². The summed E-state index contributed by atoms with van der Waals surface area (Å²) < 4.78 is 5.20. The SMILES string of the molecule is CCOC(=O)CC1=N[C@]2(C)CCCC[C@H]2c2c1ccc1ccccc21. The molecule has 1 saturated carbocycles. The van der Waals surface area contributed by atoms with Crippen molar-refractivity contribution in [2.24, 2.45) is 4.99 Å². The van der Waals surface area contributed by atoms with E-state index in [9.17, 15) is 4.79 Å². The van der Waals surface area contributed by atoms with Gasteiger partial charge >= 0.3 is 5.97 Å². The van der Waals surface area contributed by atoms with Gasteiger partial charge in [0, 0.05) is 11.5 Å². The molecule has 0 unspecified atom stereocenters. The third kappa shape index (κ3) is 2.76. The van der Waals surface area contributed by atoms with Crippen molar-refractivity contribution in [3.63, 3.8) is 0 Å². The number of hydrogen-bond donors (Lipinski definition) is 0. The first kappa shape index (κ1) is 16.3. The second-order valence-electron chi connectivity index (χ2n) is 7.44. The summed E-state index contributed by atoms with van der Waals surface area (Å²) in [4.78, 5) is 17.3. The van der Waals surface area contributed by atoms with E-state index in [0.717, 1.165) is 17.7 Å². The van der Waals surface area contributed by atoms with E-state index < -0.39 is 0 Å². The van der Waals surface area contributed by atoms with Gasteiger partial charge in [-0.25, -0.2) is 0 Å². The molecule has 0 amide bonds. The van der Waals surface area contributed by atoms with Crippen LogP contribution in [0.4, 0.5) is 0 Å². The monoisotopic (exact) mass is 335 g/mol.